The summed E-state index contributed by atoms with van der Waals surface area (Å²) >= 11 is 0. The van der Waals surface area contributed by atoms with E-state index >= 15 is 0 Å². The molecule has 0 saturated heterocycles. The van der Waals surface area contributed by atoms with Crippen molar-refractivity contribution in [2.24, 2.45) is 5.73 Å². The molecule has 0 spiro atoms. The zero-order valence-corrected chi connectivity index (χ0v) is 11.5. The molecule has 0 aromatic heterocycles. The highest BCUT2D eigenvalue weighted by Crippen LogP contribution is 2.23. The molecule has 2 atom stereocenters. The van der Waals surface area contributed by atoms with Gasteiger partial charge in [-0.3, -0.25) is 0 Å². The van der Waals surface area contributed by atoms with Crippen LogP contribution in [-0.2, 0) is 14.8 Å². The summed E-state index contributed by atoms with van der Waals surface area (Å²) in [5.41, 5.74) is 6.36. The van der Waals surface area contributed by atoms with Gasteiger partial charge in [-0.05, 0) is 31.0 Å². The Morgan fingerprint density at radius 3 is 2.63 bits per heavy atom. The van der Waals surface area contributed by atoms with Crippen LogP contribution in [-0.4, -0.2) is 33.6 Å². The summed E-state index contributed by atoms with van der Waals surface area (Å²) in [7, 11) is -2.41. The fourth-order valence-corrected chi connectivity index (χ4v) is 3.32. The topological polar surface area (TPSA) is 98.5 Å². The standard InChI is InChI=1S/C12H16N2O4S/c1-7-3-4-8(12(15)18-2)5-11(7)19(16,17)14-10-6-9(10)13/h3-5,9-10,14H,6,13H2,1-2H3. The zero-order chi connectivity index (χ0) is 14.2. The number of hydrogen-bond acceptors (Lipinski definition) is 5. The molecule has 19 heavy (non-hydrogen) atoms. The average Bonchev–Trinajstić information content (AvgIpc) is 3.03. The highest BCUT2D eigenvalue weighted by atomic mass is 32.2. The molecule has 0 aliphatic heterocycles. The molecule has 104 valence electrons. The second-order valence-corrected chi connectivity index (χ2v) is 6.28. The van der Waals surface area contributed by atoms with Crippen molar-refractivity contribution in [2.75, 3.05) is 7.11 Å². The van der Waals surface area contributed by atoms with Gasteiger partial charge in [0.1, 0.15) is 0 Å². The number of sulfonamides is 1. The number of methoxy groups -OCH3 is 1. The first kappa shape index (κ1) is 14.0. The van der Waals surface area contributed by atoms with Gasteiger partial charge < -0.3 is 10.5 Å². The third-order valence-electron chi connectivity index (χ3n) is 3.05. The van der Waals surface area contributed by atoms with Crippen molar-refractivity contribution < 1.29 is 17.9 Å². The summed E-state index contributed by atoms with van der Waals surface area (Å²) < 4.78 is 31.5. The van der Waals surface area contributed by atoms with Crippen molar-refractivity contribution in [3.63, 3.8) is 0 Å². The van der Waals surface area contributed by atoms with E-state index in [9.17, 15) is 13.2 Å². The minimum Gasteiger partial charge on any atom is -0.465 e. The maximum Gasteiger partial charge on any atom is 0.337 e. The molecule has 0 amide bonds. The van der Waals surface area contributed by atoms with Crippen LogP contribution in [0.15, 0.2) is 23.1 Å². The Morgan fingerprint density at radius 2 is 2.11 bits per heavy atom. The molecule has 1 aliphatic rings. The maximum absolute atomic E-state index is 12.2. The lowest BCUT2D eigenvalue weighted by molar-refractivity contribution is 0.0600. The average molecular weight is 284 g/mol. The molecule has 1 aromatic rings. The van der Waals surface area contributed by atoms with Crippen LogP contribution in [0.1, 0.15) is 22.3 Å². The van der Waals surface area contributed by atoms with Gasteiger partial charge in [0.2, 0.25) is 10.0 Å². The lowest BCUT2D eigenvalue weighted by atomic mass is 10.1. The van der Waals surface area contributed by atoms with E-state index in [0.717, 1.165) is 0 Å². The van der Waals surface area contributed by atoms with Crippen molar-refractivity contribution in [3.8, 4) is 0 Å². The number of nitrogens with two attached hydrogens (primary N) is 1. The Balaban J connectivity index is 2.34. The van der Waals surface area contributed by atoms with Crippen molar-refractivity contribution in [2.45, 2.75) is 30.3 Å². The second kappa shape index (κ2) is 4.92. The largest absolute Gasteiger partial charge is 0.465 e. The Labute approximate surface area is 112 Å². The number of carbonyl (C=O) groups excluding carboxylic acids is 1. The Morgan fingerprint density at radius 1 is 1.47 bits per heavy atom. The van der Waals surface area contributed by atoms with E-state index in [1.165, 1.54) is 19.2 Å². The molecule has 6 nitrogen and oxygen atoms in total. The minimum atomic E-state index is -3.66. The van der Waals surface area contributed by atoms with E-state index in [1.54, 1.807) is 13.0 Å². The van der Waals surface area contributed by atoms with Gasteiger partial charge >= 0.3 is 5.97 Å². The summed E-state index contributed by atoms with van der Waals surface area (Å²) in [6.07, 6.45) is 0.634. The fourth-order valence-electron chi connectivity index (χ4n) is 1.75. The summed E-state index contributed by atoms with van der Waals surface area (Å²) in [4.78, 5) is 11.5. The van der Waals surface area contributed by atoms with Crippen LogP contribution >= 0.6 is 0 Å². The van der Waals surface area contributed by atoms with Crippen LogP contribution in [0.5, 0.6) is 0 Å². The van der Waals surface area contributed by atoms with E-state index in [-0.39, 0.29) is 22.5 Å². The van der Waals surface area contributed by atoms with E-state index in [2.05, 4.69) is 9.46 Å². The fraction of sp³-hybridized carbons (Fsp3) is 0.417. The molecule has 1 aliphatic carbocycles. The second-order valence-electron chi connectivity index (χ2n) is 4.60. The SMILES string of the molecule is COC(=O)c1ccc(C)c(S(=O)(=O)NC2CC2N)c1. The predicted molar refractivity (Wildman–Crippen MR) is 69.2 cm³/mol. The van der Waals surface area contributed by atoms with Gasteiger partial charge in [0.25, 0.3) is 0 Å². The molecule has 2 rings (SSSR count). The summed E-state index contributed by atoms with van der Waals surface area (Å²) in [6, 6.07) is 4.08. The van der Waals surface area contributed by atoms with Crippen molar-refractivity contribution in [1.29, 1.82) is 0 Å². The van der Waals surface area contributed by atoms with Gasteiger partial charge in [0.05, 0.1) is 17.6 Å². The van der Waals surface area contributed by atoms with E-state index in [4.69, 9.17) is 5.73 Å². The molecule has 1 aromatic carbocycles. The molecule has 0 radical (unpaired) electrons. The first-order valence-electron chi connectivity index (χ1n) is 5.82. The van der Waals surface area contributed by atoms with Crippen molar-refractivity contribution >= 4 is 16.0 Å². The number of carbonyl (C=O) groups is 1. The summed E-state index contributed by atoms with van der Waals surface area (Å²) in [6.45, 7) is 1.67. The number of esters is 1. The number of hydrogen-bond donors (Lipinski definition) is 2. The quantitative estimate of drug-likeness (QED) is 0.767. The maximum atomic E-state index is 12.2. The molecule has 0 bridgehead atoms. The van der Waals surface area contributed by atoms with Crippen LogP contribution in [0, 0.1) is 6.92 Å². The van der Waals surface area contributed by atoms with Crippen molar-refractivity contribution in [1.82, 2.24) is 4.72 Å². The number of rotatable bonds is 4. The third kappa shape index (κ3) is 2.94. The van der Waals surface area contributed by atoms with E-state index < -0.39 is 16.0 Å². The number of nitrogens with one attached hydrogen (secondary N) is 1. The monoisotopic (exact) mass is 284 g/mol. The van der Waals surface area contributed by atoms with Crippen LogP contribution in [0.4, 0.5) is 0 Å². The highest BCUT2D eigenvalue weighted by molar-refractivity contribution is 7.89. The lowest BCUT2D eigenvalue weighted by Gasteiger charge is -2.10. The van der Waals surface area contributed by atoms with Crippen LogP contribution in [0.25, 0.3) is 0 Å². The highest BCUT2D eigenvalue weighted by Gasteiger charge is 2.37. The number of aryl methyl sites for hydroxylation is 1. The van der Waals surface area contributed by atoms with Gasteiger partial charge in [0.15, 0.2) is 0 Å². The smallest absolute Gasteiger partial charge is 0.337 e. The van der Waals surface area contributed by atoms with Gasteiger partial charge in [-0.1, -0.05) is 6.07 Å². The molecular weight excluding hydrogens is 268 g/mol. The van der Waals surface area contributed by atoms with Gasteiger partial charge in [-0.15, -0.1) is 0 Å². The molecule has 2 unspecified atom stereocenters. The molecule has 1 saturated carbocycles. The van der Waals surface area contributed by atoms with Gasteiger partial charge in [-0.2, -0.15) is 0 Å². The van der Waals surface area contributed by atoms with Gasteiger partial charge in [0, 0.05) is 12.1 Å². The summed E-state index contributed by atoms with van der Waals surface area (Å²) in [5.74, 6) is -0.570. The minimum absolute atomic E-state index is 0.0782. The molecule has 1 fully saturated rings. The van der Waals surface area contributed by atoms with Crippen LogP contribution < -0.4 is 10.5 Å². The normalized spacial score (nSPS) is 22.1. The Bertz CT molecular complexity index is 612. The molecule has 7 heteroatoms. The molecule has 3 N–H and O–H groups in total. The van der Waals surface area contributed by atoms with Crippen molar-refractivity contribution in [3.05, 3.63) is 29.3 Å². The number of benzene rings is 1. The first-order chi connectivity index (χ1) is 8.85. The van der Waals surface area contributed by atoms with Crippen LogP contribution in [0.3, 0.4) is 0 Å². The lowest BCUT2D eigenvalue weighted by Crippen LogP contribution is -2.30. The van der Waals surface area contributed by atoms with E-state index in [0.29, 0.717) is 12.0 Å². The summed E-state index contributed by atoms with van der Waals surface area (Å²) in [5, 5.41) is 0. The Hall–Kier alpha value is -1.44. The third-order valence-corrected chi connectivity index (χ3v) is 4.68. The van der Waals surface area contributed by atoms with Gasteiger partial charge in [-0.25, -0.2) is 17.9 Å². The predicted octanol–water partition coefficient (Wildman–Crippen LogP) is 0.160. The molecular formula is C12H16N2O4S. The number of ether oxygens (including phenoxy) is 1. The molecule has 0 heterocycles. The van der Waals surface area contributed by atoms with E-state index in [1.807, 2.05) is 0 Å². The zero-order valence-electron chi connectivity index (χ0n) is 10.7. The first-order valence-corrected chi connectivity index (χ1v) is 7.30. The van der Waals surface area contributed by atoms with Crippen LogP contribution in [0.2, 0.25) is 0 Å². The Kier molecular flexibility index (Phi) is 3.62.